The molecule has 0 atom stereocenters. The molecule has 80 valence electrons. The third-order valence-electron chi connectivity index (χ3n) is 2.07. The monoisotopic (exact) mass is 205 g/mol. The van der Waals surface area contributed by atoms with Gasteiger partial charge in [-0.15, -0.1) is 0 Å². The molecule has 1 aromatic rings. The van der Waals surface area contributed by atoms with Crippen LogP contribution in [0.1, 0.15) is 20.3 Å². The highest BCUT2D eigenvalue weighted by molar-refractivity contribution is 5.57. The van der Waals surface area contributed by atoms with Crippen molar-refractivity contribution < 1.29 is 0 Å². The van der Waals surface area contributed by atoms with Gasteiger partial charge in [0.2, 0.25) is 0 Å². The fourth-order valence-corrected chi connectivity index (χ4v) is 1.34. The smallest absolute Gasteiger partial charge is 0.171 e. The molecule has 0 aliphatic carbocycles. The van der Waals surface area contributed by atoms with Crippen LogP contribution in [0.2, 0.25) is 0 Å². The summed E-state index contributed by atoms with van der Waals surface area (Å²) in [4.78, 5) is 10.1. The first kappa shape index (κ1) is 11.2. The predicted molar refractivity (Wildman–Crippen MR) is 59.2 cm³/mol. The molecule has 0 aromatic carbocycles. The summed E-state index contributed by atoms with van der Waals surface area (Å²) in [6, 6.07) is 2.36. The molecule has 0 radical (unpaired) electrons. The van der Waals surface area contributed by atoms with E-state index >= 15 is 0 Å². The van der Waals surface area contributed by atoms with Crippen molar-refractivity contribution in [2.45, 2.75) is 26.3 Å². The highest BCUT2D eigenvalue weighted by Crippen LogP contribution is 2.19. The molecule has 15 heavy (non-hydrogen) atoms. The van der Waals surface area contributed by atoms with Gasteiger partial charge in [0.05, 0.1) is 12.5 Å². The van der Waals surface area contributed by atoms with E-state index in [-0.39, 0.29) is 6.04 Å². The molecule has 0 aliphatic rings. The Morgan fingerprint density at radius 1 is 1.47 bits per heavy atom. The Hall–Kier alpha value is -1.83. The summed E-state index contributed by atoms with van der Waals surface area (Å²) in [6.07, 6.45) is 3.61. The van der Waals surface area contributed by atoms with Crippen molar-refractivity contribution in [3.63, 3.8) is 0 Å². The molecule has 1 heterocycles. The van der Waals surface area contributed by atoms with Gasteiger partial charge in [-0.1, -0.05) is 0 Å². The zero-order chi connectivity index (χ0) is 11.3. The largest absolute Gasteiger partial charge is 0.381 e. The Bertz CT molecular complexity index is 355. The van der Waals surface area contributed by atoms with Crippen LogP contribution in [0.3, 0.4) is 0 Å². The van der Waals surface area contributed by atoms with Crippen LogP contribution in [-0.4, -0.2) is 22.6 Å². The van der Waals surface area contributed by atoms with E-state index in [1.165, 1.54) is 0 Å². The Balaban J connectivity index is 2.90. The van der Waals surface area contributed by atoms with Crippen LogP contribution in [0.5, 0.6) is 0 Å². The van der Waals surface area contributed by atoms with Gasteiger partial charge in [-0.2, -0.15) is 5.26 Å². The molecule has 0 fully saturated rings. The minimum atomic E-state index is 0.248. The van der Waals surface area contributed by atoms with Crippen LogP contribution in [0, 0.1) is 11.3 Å². The van der Waals surface area contributed by atoms with Crippen molar-refractivity contribution in [1.82, 2.24) is 9.97 Å². The lowest BCUT2D eigenvalue weighted by atomic mass is 10.3. The summed E-state index contributed by atoms with van der Waals surface area (Å²) in [7, 11) is 0. The van der Waals surface area contributed by atoms with Crippen LogP contribution in [0.15, 0.2) is 12.4 Å². The average molecular weight is 205 g/mol. The summed E-state index contributed by atoms with van der Waals surface area (Å²) in [5.41, 5.74) is 5.73. The molecule has 0 saturated heterocycles. The number of nitrogen functional groups attached to an aromatic ring is 1. The van der Waals surface area contributed by atoms with Gasteiger partial charge >= 0.3 is 0 Å². The van der Waals surface area contributed by atoms with Gasteiger partial charge in [0.25, 0.3) is 0 Å². The molecular formula is C10H15N5. The van der Waals surface area contributed by atoms with Crippen molar-refractivity contribution in [1.29, 1.82) is 5.26 Å². The van der Waals surface area contributed by atoms with Crippen molar-refractivity contribution in [2.75, 3.05) is 17.2 Å². The first-order valence-electron chi connectivity index (χ1n) is 4.87. The van der Waals surface area contributed by atoms with E-state index in [4.69, 9.17) is 11.0 Å². The average Bonchev–Trinajstić information content (AvgIpc) is 2.20. The Morgan fingerprint density at radius 3 is 2.67 bits per heavy atom. The van der Waals surface area contributed by atoms with E-state index in [1.807, 2.05) is 18.7 Å². The number of anilines is 2. The summed E-state index contributed by atoms with van der Waals surface area (Å²) >= 11 is 0. The van der Waals surface area contributed by atoms with E-state index in [1.54, 1.807) is 12.4 Å². The Labute approximate surface area is 89.6 Å². The summed E-state index contributed by atoms with van der Waals surface area (Å²) in [5.74, 6) is 1.06. The van der Waals surface area contributed by atoms with Gasteiger partial charge in [-0.25, -0.2) is 9.97 Å². The first-order chi connectivity index (χ1) is 7.16. The second kappa shape index (κ2) is 5.15. The number of aromatic nitrogens is 2. The quantitative estimate of drug-likeness (QED) is 0.798. The highest BCUT2D eigenvalue weighted by Gasteiger charge is 2.14. The van der Waals surface area contributed by atoms with E-state index in [0.29, 0.717) is 24.6 Å². The number of hydrogen-bond donors (Lipinski definition) is 1. The van der Waals surface area contributed by atoms with Crippen LogP contribution in [-0.2, 0) is 0 Å². The molecular weight excluding hydrogens is 190 g/mol. The topological polar surface area (TPSA) is 78.8 Å². The lowest BCUT2D eigenvalue weighted by Crippen LogP contribution is -2.33. The van der Waals surface area contributed by atoms with Gasteiger partial charge in [0.1, 0.15) is 0 Å². The minimum Gasteiger partial charge on any atom is -0.381 e. The van der Waals surface area contributed by atoms with Gasteiger partial charge in [-0.05, 0) is 13.8 Å². The second-order valence-corrected chi connectivity index (χ2v) is 3.46. The fourth-order valence-electron chi connectivity index (χ4n) is 1.34. The van der Waals surface area contributed by atoms with Gasteiger partial charge in [-0.3, -0.25) is 0 Å². The van der Waals surface area contributed by atoms with E-state index < -0.39 is 0 Å². The number of nitrogens with two attached hydrogens (primary N) is 1. The zero-order valence-electron chi connectivity index (χ0n) is 9.01. The summed E-state index contributed by atoms with van der Waals surface area (Å²) < 4.78 is 0. The molecule has 0 aliphatic heterocycles. The SMILES string of the molecule is CC(C)N(CCC#N)c1nccnc1N. The van der Waals surface area contributed by atoms with Crippen LogP contribution < -0.4 is 10.6 Å². The molecule has 2 N–H and O–H groups in total. The van der Waals surface area contributed by atoms with Gasteiger partial charge < -0.3 is 10.6 Å². The predicted octanol–water partition coefficient (Wildman–Crippen LogP) is 1.19. The maximum absolute atomic E-state index is 8.57. The molecule has 0 bridgehead atoms. The Morgan fingerprint density at radius 2 is 2.13 bits per heavy atom. The van der Waals surface area contributed by atoms with Gasteiger partial charge in [0, 0.05) is 25.0 Å². The van der Waals surface area contributed by atoms with Crippen molar-refractivity contribution >= 4 is 11.6 Å². The minimum absolute atomic E-state index is 0.248. The van der Waals surface area contributed by atoms with Crippen molar-refractivity contribution in [2.24, 2.45) is 0 Å². The Kier molecular flexibility index (Phi) is 3.86. The third kappa shape index (κ3) is 2.81. The number of nitrogens with zero attached hydrogens (tertiary/aromatic N) is 4. The standard InChI is InChI=1S/C10H15N5/c1-8(2)15(7-3-4-11)10-9(12)13-5-6-14-10/h5-6,8H,3,7H2,1-2H3,(H2,12,13). The third-order valence-corrected chi connectivity index (χ3v) is 2.07. The summed E-state index contributed by atoms with van der Waals surface area (Å²) in [5, 5.41) is 8.57. The number of hydrogen-bond acceptors (Lipinski definition) is 5. The molecule has 5 heteroatoms. The van der Waals surface area contributed by atoms with E-state index in [0.717, 1.165) is 0 Å². The lowest BCUT2D eigenvalue weighted by Gasteiger charge is -2.27. The molecule has 0 unspecified atom stereocenters. The van der Waals surface area contributed by atoms with E-state index in [2.05, 4.69) is 16.0 Å². The van der Waals surface area contributed by atoms with Gasteiger partial charge in [0.15, 0.2) is 11.6 Å². The van der Waals surface area contributed by atoms with Crippen LogP contribution in [0.25, 0.3) is 0 Å². The molecule has 0 amide bonds. The normalized spacial score (nSPS) is 10.0. The van der Waals surface area contributed by atoms with Crippen LogP contribution in [0.4, 0.5) is 11.6 Å². The number of nitriles is 1. The molecule has 0 spiro atoms. The maximum atomic E-state index is 8.57. The zero-order valence-corrected chi connectivity index (χ0v) is 9.01. The van der Waals surface area contributed by atoms with Crippen molar-refractivity contribution in [3.05, 3.63) is 12.4 Å². The molecule has 1 rings (SSSR count). The van der Waals surface area contributed by atoms with Crippen molar-refractivity contribution in [3.8, 4) is 6.07 Å². The summed E-state index contributed by atoms with van der Waals surface area (Å²) in [6.45, 7) is 4.69. The first-order valence-corrected chi connectivity index (χ1v) is 4.87. The highest BCUT2D eigenvalue weighted by atomic mass is 15.2. The van der Waals surface area contributed by atoms with Crippen LogP contribution >= 0.6 is 0 Å². The molecule has 0 saturated carbocycles. The fraction of sp³-hybridized carbons (Fsp3) is 0.500. The second-order valence-electron chi connectivity index (χ2n) is 3.46. The molecule has 1 aromatic heterocycles. The van der Waals surface area contributed by atoms with E-state index in [9.17, 15) is 0 Å². The molecule has 5 nitrogen and oxygen atoms in total. The number of rotatable bonds is 4. The lowest BCUT2D eigenvalue weighted by molar-refractivity contribution is 0.676. The maximum Gasteiger partial charge on any atom is 0.171 e.